The van der Waals surface area contributed by atoms with Crippen LogP contribution in [-0.2, 0) is 11.2 Å². The molecule has 1 aliphatic heterocycles. The van der Waals surface area contributed by atoms with Gasteiger partial charge in [0.1, 0.15) is 6.04 Å². The van der Waals surface area contributed by atoms with Gasteiger partial charge in [-0.15, -0.1) is 11.8 Å². The molecule has 1 heterocycles. The van der Waals surface area contributed by atoms with Crippen molar-refractivity contribution in [3.05, 3.63) is 58.6 Å². The van der Waals surface area contributed by atoms with E-state index in [1.807, 2.05) is 23.1 Å². The van der Waals surface area contributed by atoms with E-state index in [0.717, 1.165) is 18.4 Å². The fraction of sp³-hybridized carbons (Fsp3) is 0.481. The Hall–Kier alpha value is -2.38. The van der Waals surface area contributed by atoms with Gasteiger partial charge in [-0.3, -0.25) is 9.59 Å². The maximum absolute atomic E-state index is 13.6. The first-order valence-electron chi connectivity index (χ1n) is 12.2. The molecule has 2 amide bonds. The smallest absolute Gasteiger partial charge is 0.255 e. The molecule has 2 atom stereocenters. The van der Waals surface area contributed by atoms with Crippen LogP contribution in [0.3, 0.4) is 0 Å². The summed E-state index contributed by atoms with van der Waals surface area (Å²) in [4.78, 5) is 28.8. The van der Waals surface area contributed by atoms with E-state index in [4.69, 9.17) is 21.1 Å². The van der Waals surface area contributed by atoms with E-state index in [1.165, 1.54) is 19.3 Å². The monoisotopic (exact) mass is 516 g/mol. The molecule has 6 nitrogen and oxygen atoms in total. The Labute approximate surface area is 216 Å². The first kappa shape index (κ1) is 25.7. The van der Waals surface area contributed by atoms with E-state index in [2.05, 4.69) is 5.32 Å². The third-order valence-electron chi connectivity index (χ3n) is 6.88. The molecule has 2 aliphatic rings. The highest BCUT2D eigenvalue weighted by Gasteiger charge is 2.45. The molecule has 1 aliphatic carbocycles. The molecule has 2 unspecified atom stereocenters. The molecule has 2 aromatic carbocycles. The number of amides is 2. The zero-order valence-electron chi connectivity index (χ0n) is 20.3. The Morgan fingerprint density at radius 1 is 1.03 bits per heavy atom. The van der Waals surface area contributed by atoms with Crippen molar-refractivity contribution < 1.29 is 19.1 Å². The molecule has 8 heteroatoms. The van der Waals surface area contributed by atoms with Crippen molar-refractivity contribution in [2.24, 2.45) is 5.92 Å². The third kappa shape index (κ3) is 6.07. The summed E-state index contributed by atoms with van der Waals surface area (Å²) in [5.41, 5.74) is 1.61. The molecule has 1 saturated heterocycles. The summed E-state index contributed by atoms with van der Waals surface area (Å²) in [7, 11) is 3.21. The van der Waals surface area contributed by atoms with Crippen LogP contribution >= 0.6 is 23.4 Å². The van der Waals surface area contributed by atoms with Crippen molar-refractivity contribution >= 4 is 35.2 Å². The fourth-order valence-electron chi connectivity index (χ4n) is 4.99. The minimum Gasteiger partial charge on any atom is -0.493 e. The van der Waals surface area contributed by atoms with Gasteiger partial charge in [-0.2, -0.15) is 0 Å². The SMILES string of the molecule is COc1ccc(CCNC(=O)C2CSC(C3CCCCC3)N2C(=O)c2ccc(Cl)cc2)cc1OC. The van der Waals surface area contributed by atoms with Gasteiger partial charge in [0.15, 0.2) is 11.5 Å². The molecule has 35 heavy (non-hydrogen) atoms. The van der Waals surface area contributed by atoms with E-state index >= 15 is 0 Å². The van der Waals surface area contributed by atoms with Gasteiger partial charge in [-0.1, -0.05) is 36.9 Å². The van der Waals surface area contributed by atoms with E-state index in [0.29, 0.717) is 46.7 Å². The minimum absolute atomic E-state index is 0.0278. The molecule has 188 valence electrons. The van der Waals surface area contributed by atoms with E-state index in [-0.39, 0.29) is 17.2 Å². The van der Waals surface area contributed by atoms with Gasteiger partial charge in [0.05, 0.1) is 19.6 Å². The van der Waals surface area contributed by atoms with Gasteiger partial charge in [-0.05, 0) is 67.1 Å². The molecule has 0 bridgehead atoms. The number of hydrogen-bond acceptors (Lipinski definition) is 5. The number of nitrogens with zero attached hydrogens (tertiary/aromatic N) is 1. The summed E-state index contributed by atoms with van der Waals surface area (Å²) in [5, 5.41) is 3.69. The third-order valence-corrected chi connectivity index (χ3v) is 8.59. The summed E-state index contributed by atoms with van der Waals surface area (Å²) in [6.45, 7) is 0.479. The van der Waals surface area contributed by atoms with Crippen molar-refractivity contribution in [2.45, 2.75) is 49.9 Å². The van der Waals surface area contributed by atoms with Gasteiger partial charge in [0, 0.05) is 22.9 Å². The summed E-state index contributed by atoms with van der Waals surface area (Å²) in [6.07, 6.45) is 6.49. The number of carbonyl (C=O) groups excluding carboxylic acids is 2. The van der Waals surface area contributed by atoms with E-state index < -0.39 is 6.04 Å². The molecule has 0 radical (unpaired) electrons. The van der Waals surface area contributed by atoms with Crippen LogP contribution in [0.1, 0.15) is 48.0 Å². The van der Waals surface area contributed by atoms with Crippen molar-refractivity contribution in [1.82, 2.24) is 10.2 Å². The first-order chi connectivity index (χ1) is 17.0. The second kappa shape index (κ2) is 12.0. The number of ether oxygens (including phenoxy) is 2. The number of thioether (sulfide) groups is 1. The normalized spacial score (nSPS) is 20.5. The van der Waals surface area contributed by atoms with Crippen LogP contribution < -0.4 is 14.8 Å². The number of hydrogen-bond donors (Lipinski definition) is 1. The molecule has 2 fully saturated rings. The maximum atomic E-state index is 13.6. The lowest BCUT2D eigenvalue weighted by Crippen LogP contribution is -2.51. The number of methoxy groups -OCH3 is 2. The van der Waals surface area contributed by atoms with Crippen molar-refractivity contribution in [3.63, 3.8) is 0 Å². The van der Waals surface area contributed by atoms with Crippen LogP contribution in [0.15, 0.2) is 42.5 Å². The quantitative estimate of drug-likeness (QED) is 0.523. The highest BCUT2D eigenvalue weighted by Crippen LogP contribution is 2.41. The minimum atomic E-state index is -0.486. The highest BCUT2D eigenvalue weighted by atomic mass is 35.5. The summed E-state index contributed by atoms with van der Waals surface area (Å²) >= 11 is 7.79. The Bertz CT molecular complexity index is 1030. The zero-order valence-corrected chi connectivity index (χ0v) is 21.9. The molecular weight excluding hydrogens is 484 g/mol. The largest absolute Gasteiger partial charge is 0.493 e. The van der Waals surface area contributed by atoms with Crippen LogP contribution in [-0.4, -0.2) is 54.6 Å². The Morgan fingerprint density at radius 3 is 2.43 bits per heavy atom. The molecule has 0 spiro atoms. The predicted molar refractivity (Wildman–Crippen MR) is 140 cm³/mol. The molecule has 4 rings (SSSR count). The zero-order chi connectivity index (χ0) is 24.8. The lowest BCUT2D eigenvalue weighted by Gasteiger charge is -2.35. The van der Waals surface area contributed by atoms with Gasteiger partial charge < -0.3 is 19.7 Å². The lowest BCUT2D eigenvalue weighted by molar-refractivity contribution is -0.125. The number of carbonyl (C=O) groups is 2. The summed E-state index contributed by atoms with van der Waals surface area (Å²) in [5.74, 6) is 2.19. The van der Waals surface area contributed by atoms with Gasteiger partial charge in [0.2, 0.25) is 5.91 Å². The van der Waals surface area contributed by atoms with Crippen LogP contribution in [0, 0.1) is 5.92 Å². The van der Waals surface area contributed by atoms with Crippen LogP contribution in [0.5, 0.6) is 11.5 Å². The lowest BCUT2D eigenvalue weighted by atomic mass is 9.88. The fourth-order valence-corrected chi connectivity index (χ4v) is 6.76. The number of benzene rings is 2. The predicted octanol–water partition coefficient (Wildman–Crippen LogP) is 5.18. The van der Waals surface area contributed by atoms with Crippen molar-refractivity contribution in [2.75, 3.05) is 26.5 Å². The average Bonchev–Trinajstić information content (AvgIpc) is 3.34. The van der Waals surface area contributed by atoms with E-state index in [9.17, 15) is 9.59 Å². The van der Waals surface area contributed by atoms with Crippen LogP contribution in [0.25, 0.3) is 0 Å². The van der Waals surface area contributed by atoms with E-state index in [1.54, 1.807) is 50.2 Å². The van der Waals surface area contributed by atoms with Crippen LogP contribution in [0.2, 0.25) is 5.02 Å². The Balaban J connectivity index is 1.45. The number of rotatable bonds is 8. The molecular formula is C27H33ClN2O4S. The molecule has 1 N–H and O–H groups in total. The van der Waals surface area contributed by atoms with Crippen LogP contribution in [0.4, 0.5) is 0 Å². The standard InChI is InChI=1S/C27H33ClN2O4S/c1-33-23-13-8-18(16-24(23)34-2)14-15-29-25(31)22-17-35-27(20-6-4-3-5-7-20)30(22)26(32)19-9-11-21(28)12-10-19/h8-13,16,20,22,27H,3-7,14-15,17H2,1-2H3,(H,29,31). The number of halogens is 1. The Kier molecular flexibility index (Phi) is 8.84. The van der Waals surface area contributed by atoms with Crippen molar-refractivity contribution in [1.29, 1.82) is 0 Å². The average molecular weight is 517 g/mol. The first-order valence-corrected chi connectivity index (χ1v) is 13.6. The second-order valence-electron chi connectivity index (χ2n) is 9.09. The summed E-state index contributed by atoms with van der Waals surface area (Å²) < 4.78 is 10.7. The van der Waals surface area contributed by atoms with Gasteiger partial charge in [0.25, 0.3) is 5.91 Å². The van der Waals surface area contributed by atoms with Gasteiger partial charge in [-0.25, -0.2) is 0 Å². The molecule has 2 aromatic rings. The molecule has 0 aromatic heterocycles. The number of nitrogens with one attached hydrogen (secondary N) is 1. The van der Waals surface area contributed by atoms with Crippen molar-refractivity contribution in [3.8, 4) is 11.5 Å². The Morgan fingerprint density at radius 2 is 1.74 bits per heavy atom. The summed E-state index contributed by atoms with van der Waals surface area (Å²) in [6, 6.07) is 12.2. The van der Waals surface area contributed by atoms with Gasteiger partial charge >= 0.3 is 0 Å². The second-order valence-corrected chi connectivity index (χ2v) is 10.7. The maximum Gasteiger partial charge on any atom is 0.255 e. The highest BCUT2D eigenvalue weighted by molar-refractivity contribution is 8.00. The topological polar surface area (TPSA) is 67.9 Å². The molecule has 1 saturated carbocycles.